The van der Waals surface area contributed by atoms with Crippen LogP contribution in [0.25, 0.3) is 0 Å². The Labute approximate surface area is 184 Å². The Morgan fingerprint density at radius 3 is 2.29 bits per heavy atom. The largest absolute Gasteiger partial charge is 0.497 e. The van der Waals surface area contributed by atoms with Crippen molar-refractivity contribution in [3.05, 3.63) is 71.4 Å². The van der Waals surface area contributed by atoms with Crippen LogP contribution in [0.5, 0.6) is 11.5 Å². The molecule has 7 nitrogen and oxygen atoms in total. The molecule has 166 valence electrons. The predicted octanol–water partition coefficient (Wildman–Crippen LogP) is 3.40. The van der Waals surface area contributed by atoms with Crippen molar-refractivity contribution in [1.82, 2.24) is 4.72 Å². The van der Waals surface area contributed by atoms with Crippen molar-refractivity contribution in [3.63, 3.8) is 0 Å². The zero-order chi connectivity index (χ0) is 22.6. The van der Waals surface area contributed by atoms with Gasteiger partial charge in [0.2, 0.25) is 10.0 Å². The molecule has 11 heteroatoms. The maximum absolute atomic E-state index is 13.4. The summed E-state index contributed by atoms with van der Waals surface area (Å²) in [6.45, 7) is -0.464. The Morgan fingerprint density at radius 2 is 1.71 bits per heavy atom. The molecular weight excluding hydrogens is 465 g/mol. The first-order chi connectivity index (χ1) is 14.7. The summed E-state index contributed by atoms with van der Waals surface area (Å²) in [4.78, 5) is -0.194. The molecule has 0 radical (unpaired) electrons. The van der Waals surface area contributed by atoms with Crippen molar-refractivity contribution in [1.29, 1.82) is 0 Å². The third kappa shape index (κ3) is 5.06. The maximum Gasteiger partial charge on any atom is 0.244 e. The van der Waals surface area contributed by atoms with Gasteiger partial charge in [0.1, 0.15) is 31.7 Å². The Hall–Kier alpha value is -2.47. The van der Waals surface area contributed by atoms with Gasteiger partial charge in [-0.2, -0.15) is 0 Å². The van der Waals surface area contributed by atoms with E-state index in [9.17, 15) is 21.2 Å². The fraction of sp³-hybridized carbons (Fsp3) is 0.200. The summed E-state index contributed by atoms with van der Waals surface area (Å²) >= 11 is 1.02. The lowest BCUT2D eigenvalue weighted by Crippen LogP contribution is -2.32. The Kier molecular flexibility index (Phi) is 6.99. The van der Waals surface area contributed by atoms with Crippen molar-refractivity contribution in [2.24, 2.45) is 0 Å². The van der Waals surface area contributed by atoms with Gasteiger partial charge in [-0.05, 0) is 41.3 Å². The topological polar surface area (TPSA) is 98.8 Å². The Balaban J connectivity index is 1.98. The highest BCUT2D eigenvalue weighted by atomic mass is 32.2. The van der Waals surface area contributed by atoms with Crippen LogP contribution in [0.15, 0.2) is 69.1 Å². The molecule has 0 aliphatic carbocycles. The number of thiophene rings is 1. The van der Waals surface area contributed by atoms with E-state index in [1.54, 1.807) is 17.5 Å². The van der Waals surface area contributed by atoms with Crippen LogP contribution in [0.2, 0.25) is 0 Å². The Morgan fingerprint density at radius 1 is 1.00 bits per heavy atom. The normalized spacial score (nSPS) is 13.0. The molecule has 0 aliphatic heterocycles. The summed E-state index contributed by atoms with van der Waals surface area (Å²) in [6, 6.07) is 12.2. The van der Waals surface area contributed by atoms with Gasteiger partial charge in [0.15, 0.2) is 9.84 Å². The third-order valence-corrected chi connectivity index (χ3v) is 9.49. The van der Waals surface area contributed by atoms with Crippen molar-refractivity contribution in [2.45, 2.75) is 14.4 Å². The van der Waals surface area contributed by atoms with E-state index in [2.05, 4.69) is 4.72 Å². The van der Waals surface area contributed by atoms with Gasteiger partial charge in [-0.25, -0.2) is 25.9 Å². The molecule has 0 fully saturated rings. The predicted molar refractivity (Wildman–Crippen MR) is 115 cm³/mol. The van der Waals surface area contributed by atoms with Crippen LogP contribution in [0.3, 0.4) is 0 Å². The molecule has 0 unspecified atom stereocenters. The number of hydrogen-bond donors (Lipinski definition) is 1. The summed E-state index contributed by atoms with van der Waals surface area (Å²) in [5, 5.41) is 0.345. The minimum absolute atomic E-state index is 0.0766. The van der Waals surface area contributed by atoms with Crippen LogP contribution < -0.4 is 14.2 Å². The average molecular weight is 486 g/mol. The molecular formula is C20H20FNO6S3. The minimum atomic E-state index is -4.17. The quantitative estimate of drug-likeness (QED) is 0.499. The number of benzene rings is 2. The molecule has 3 aromatic rings. The lowest BCUT2D eigenvalue weighted by atomic mass is 10.1. The molecule has 0 amide bonds. The first-order valence-electron chi connectivity index (χ1n) is 8.93. The number of sulfone groups is 1. The van der Waals surface area contributed by atoms with E-state index >= 15 is 0 Å². The lowest BCUT2D eigenvalue weighted by Gasteiger charge is -2.19. The molecule has 31 heavy (non-hydrogen) atoms. The van der Waals surface area contributed by atoms with Gasteiger partial charge >= 0.3 is 0 Å². The molecule has 1 atom stereocenters. The summed E-state index contributed by atoms with van der Waals surface area (Å²) in [5.41, 5.74) is 0.259. The van der Waals surface area contributed by atoms with Gasteiger partial charge in [0.25, 0.3) is 0 Å². The fourth-order valence-electron chi connectivity index (χ4n) is 2.91. The summed E-state index contributed by atoms with van der Waals surface area (Å²) < 4.78 is 78.4. The number of ether oxygens (including phenoxy) is 2. The van der Waals surface area contributed by atoms with Gasteiger partial charge in [-0.3, -0.25) is 0 Å². The standard InChI is InChI=1S/C20H20FNO6S3/c1-27-16-9-10-17(28-2)18(12-16)31(25,26)22-13-19(14-5-7-15(21)8-6-14)30(23,24)20-4-3-11-29-20/h3-12,19,22H,13H2,1-2H3/t19-/m1/s1. The smallest absolute Gasteiger partial charge is 0.244 e. The maximum atomic E-state index is 13.4. The molecule has 0 saturated carbocycles. The van der Waals surface area contributed by atoms with E-state index in [-0.39, 0.29) is 20.4 Å². The number of halogens is 1. The van der Waals surface area contributed by atoms with Gasteiger partial charge in [0, 0.05) is 12.6 Å². The van der Waals surface area contributed by atoms with Gasteiger partial charge < -0.3 is 9.47 Å². The van der Waals surface area contributed by atoms with E-state index in [0.29, 0.717) is 5.75 Å². The van der Waals surface area contributed by atoms with E-state index in [1.807, 2.05) is 0 Å². The zero-order valence-electron chi connectivity index (χ0n) is 16.6. The zero-order valence-corrected chi connectivity index (χ0v) is 19.1. The fourth-order valence-corrected chi connectivity index (χ4v) is 7.11. The summed E-state index contributed by atoms with van der Waals surface area (Å²) in [5.74, 6) is -0.159. The molecule has 1 N–H and O–H groups in total. The SMILES string of the molecule is COc1ccc(OC)c(S(=O)(=O)NC[C@H](c2ccc(F)cc2)S(=O)(=O)c2cccs2)c1. The lowest BCUT2D eigenvalue weighted by molar-refractivity contribution is 0.392. The number of methoxy groups -OCH3 is 2. The van der Waals surface area contributed by atoms with Crippen molar-refractivity contribution >= 4 is 31.2 Å². The Bertz CT molecular complexity index is 1240. The molecule has 0 aliphatic rings. The highest BCUT2D eigenvalue weighted by Crippen LogP contribution is 2.33. The second-order valence-corrected chi connectivity index (χ2v) is 11.4. The molecule has 0 saturated heterocycles. The van der Waals surface area contributed by atoms with Crippen molar-refractivity contribution in [2.75, 3.05) is 20.8 Å². The number of hydrogen-bond acceptors (Lipinski definition) is 7. The van der Waals surface area contributed by atoms with Gasteiger partial charge in [-0.15, -0.1) is 11.3 Å². The van der Waals surface area contributed by atoms with Gasteiger partial charge in [0.05, 0.1) is 14.2 Å². The van der Waals surface area contributed by atoms with E-state index in [4.69, 9.17) is 9.47 Å². The van der Waals surface area contributed by atoms with E-state index in [0.717, 1.165) is 23.5 Å². The molecule has 1 heterocycles. The third-order valence-electron chi connectivity index (χ3n) is 4.51. The monoisotopic (exact) mass is 485 g/mol. The highest BCUT2D eigenvalue weighted by Gasteiger charge is 2.32. The highest BCUT2D eigenvalue weighted by molar-refractivity contribution is 7.93. The molecule has 2 aromatic carbocycles. The van der Waals surface area contributed by atoms with Crippen molar-refractivity contribution in [3.8, 4) is 11.5 Å². The van der Waals surface area contributed by atoms with Crippen LogP contribution in [0.1, 0.15) is 10.8 Å². The van der Waals surface area contributed by atoms with E-state index < -0.39 is 37.5 Å². The van der Waals surface area contributed by atoms with E-state index in [1.165, 1.54) is 44.6 Å². The molecule has 0 spiro atoms. The van der Waals surface area contributed by atoms with Crippen LogP contribution >= 0.6 is 11.3 Å². The second kappa shape index (κ2) is 9.35. The number of rotatable bonds is 9. The second-order valence-electron chi connectivity index (χ2n) is 6.39. The van der Waals surface area contributed by atoms with Crippen LogP contribution in [-0.4, -0.2) is 37.6 Å². The number of sulfonamides is 1. The molecule has 0 bridgehead atoms. The number of nitrogens with one attached hydrogen (secondary N) is 1. The molecule has 1 aromatic heterocycles. The summed E-state index contributed by atoms with van der Waals surface area (Å²) in [7, 11) is -5.39. The first-order valence-corrected chi connectivity index (χ1v) is 12.8. The van der Waals surface area contributed by atoms with Crippen LogP contribution in [-0.2, 0) is 19.9 Å². The van der Waals surface area contributed by atoms with Crippen LogP contribution in [0, 0.1) is 5.82 Å². The summed E-state index contributed by atoms with van der Waals surface area (Å²) in [6.07, 6.45) is 0. The minimum Gasteiger partial charge on any atom is -0.497 e. The average Bonchev–Trinajstić information content (AvgIpc) is 3.30. The molecule has 3 rings (SSSR count). The van der Waals surface area contributed by atoms with Crippen LogP contribution in [0.4, 0.5) is 4.39 Å². The first kappa shape index (κ1) is 23.2. The van der Waals surface area contributed by atoms with Crippen molar-refractivity contribution < 1.29 is 30.7 Å². The van der Waals surface area contributed by atoms with Gasteiger partial charge in [-0.1, -0.05) is 18.2 Å².